The van der Waals surface area contributed by atoms with Gasteiger partial charge in [0.1, 0.15) is 11.3 Å². The van der Waals surface area contributed by atoms with Crippen LogP contribution in [0.4, 0.5) is 10.5 Å². The number of nitrogens with one attached hydrogen (secondary N) is 1. The van der Waals surface area contributed by atoms with Gasteiger partial charge in [-0.15, -0.1) is 0 Å². The number of nitro benzene ring substituents is 1. The number of nitrogens with zero attached hydrogens (tertiary/aromatic N) is 2. The molecule has 1 atom stereocenters. The third kappa shape index (κ3) is 2.61. The van der Waals surface area contributed by atoms with Gasteiger partial charge in [0, 0.05) is 17.0 Å². The van der Waals surface area contributed by atoms with Crippen molar-refractivity contribution in [3.05, 3.63) is 75.5 Å². The summed E-state index contributed by atoms with van der Waals surface area (Å²) in [6, 6.07) is 13.1. The van der Waals surface area contributed by atoms with Crippen molar-refractivity contribution in [3.8, 4) is 0 Å². The molecule has 2 aromatic carbocycles. The largest absolute Gasteiger partial charge is 0.458 e. The van der Waals surface area contributed by atoms with Crippen molar-refractivity contribution in [3.63, 3.8) is 0 Å². The Labute approximate surface area is 159 Å². The zero-order valence-corrected chi connectivity index (χ0v) is 15.3. The van der Waals surface area contributed by atoms with Gasteiger partial charge < -0.3 is 9.73 Å². The van der Waals surface area contributed by atoms with Crippen LogP contribution in [-0.2, 0) is 16.9 Å². The molecule has 0 radical (unpaired) electrons. The highest BCUT2D eigenvalue weighted by Gasteiger charge is 2.51. The average molecular weight is 379 g/mol. The van der Waals surface area contributed by atoms with Crippen molar-refractivity contribution in [2.45, 2.75) is 25.9 Å². The van der Waals surface area contributed by atoms with E-state index in [1.807, 2.05) is 18.2 Å². The van der Waals surface area contributed by atoms with E-state index in [1.54, 1.807) is 32.0 Å². The number of hydrogen-bond donors (Lipinski definition) is 1. The fourth-order valence-electron chi connectivity index (χ4n) is 3.45. The molecule has 0 bridgehead atoms. The summed E-state index contributed by atoms with van der Waals surface area (Å²) in [5.74, 6) is -0.132. The summed E-state index contributed by atoms with van der Waals surface area (Å²) in [6.07, 6.45) is 0. The van der Waals surface area contributed by atoms with Gasteiger partial charge in [-0.1, -0.05) is 30.3 Å². The minimum Gasteiger partial charge on any atom is -0.458 e. The van der Waals surface area contributed by atoms with Gasteiger partial charge in [-0.25, -0.2) is 4.79 Å². The maximum absolute atomic E-state index is 13.1. The summed E-state index contributed by atoms with van der Waals surface area (Å²) < 4.78 is 5.80. The SMILES string of the molecule is Cc1c(CN2C(=O)N[C@@](C)(c3cc4ccccc4o3)C2=O)cccc1[N+](=O)[O-]. The first-order chi connectivity index (χ1) is 13.3. The van der Waals surface area contributed by atoms with Gasteiger partial charge in [-0.2, -0.15) is 0 Å². The molecule has 4 rings (SSSR count). The number of fused-ring (bicyclic) bond motifs is 1. The van der Waals surface area contributed by atoms with Crippen molar-refractivity contribution in [1.29, 1.82) is 0 Å². The lowest BCUT2D eigenvalue weighted by molar-refractivity contribution is -0.385. The Kier molecular flexibility index (Phi) is 3.92. The molecule has 1 fully saturated rings. The van der Waals surface area contributed by atoms with Crippen LogP contribution in [0.3, 0.4) is 0 Å². The molecule has 3 aromatic rings. The number of benzene rings is 2. The molecule has 8 nitrogen and oxygen atoms in total. The molecule has 142 valence electrons. The van der Waals surface area contributed by atoms with Gasteiger partial charge in [-0.3, -0.25) is 19.8 Å². The number of rotatable bonds is 4. The maximum atomic E-state index is 13.1. The molecule has 0 aliphatic carbocycles. The summed E-state index contributed by atoms with van der Waals surface area (Å²) in [7, 11) is 0. The van der Waals surface area contributed by atoms with E-state index in [-0.39, 0.29) is 12.2 Å². The molecule has 8 heteroatoms. The van der Waals surface area contributed by atoms with Crippen LogP contribution in [0.2, 0.25) is 0 Å². The fraction of sp³-hybridized carbons (Fsp3) is 0.200. The van der Waals surface area contributed by atoms with Crippen LogP contribution in [0.25, 0.3) is 11.0 Å². The lowest BCUT2D eigenvalue weighted by Gasteiger charge is -2.19. The molecule has 3 amide bonds. The second-order valence-electron chi connectivity index (χ2n) is 6.91. The highest BCUT2D eigenvalue weighted by atomic mass is 16.6. The van der Waals surface area contributed by atoms with E-state index >= 15 is 0 Å². The number of carbonyl (C=O) groups excluding carboxylic acids is 2. The average Bonchev–Trinajstić information content (AvgIpc) is 3.19. The number of amides is 3. The fourth-order valence-corrected chi connectivity index (χ4v) is 3.45. The lowest BCUT2D eigenvalue weighted by Crippen LogP contribution is -2.40. The smallest absolute Gasteiger partial charge is 0.325 e. The number of imide groups is 1. The van der Waals surface area contributed by atoms with Crippen molar-refractivity contribution >= 4 is 28.6 Å². The Balaban J connectivity index is 1.68. The molecule has 1 saturated heterocycles. The van der Waals surface area contributed by atoms with E-state index in [1.165, 1.54) is 12.1 Å². The van der Waals surface area contributed by atoms with Crippen LogP contribution < -0.4 is 5.32 Å². The van der Waals surface area contributed by atoms with E-state index < -0.39 is 22.4 Å². The quantitative estimate of drug-likeness (QED) is 0.423. The Morgan fingerprint density at radius 3 is 2.64 bits per heavy atom. The van der Waals surface area contributed by atoms with Crippen molar-refractivity contribution < 1.29 is 18.9 Å². The third-order valence-corrected chi connectivity index (χ3v) is 5.14. The van der Waals surface area contributed by atoms with Gasteiger partial charge in [0.2, 0.25) is 0 Å². The van der Waals surface area contributed by atoms with E-state index in [4.69, 9.17) is 4.42 Å². The number of urea groups is 1. The van der Waals surface area contributed by atoms with Crippen molar-refractivity contribution in [1.82, 2.24) is 10.2 Å². The highest BCUT2D eigenvalue weighted by Crippen LogP contribution is 2.34. The predicted molar refractivity (Wildman–Crippen MR) is 100 cm³/mol. The van der Waals surface area contributed by atoms with Crippen LogP contribution in [0, 0.1) is 17.0 Å². The van der Waals surface area contributed by atoms with Crippen LogP contribution in [0.15, 0.2) is 52.9 Å². The van der Waals surface area contributed by atoms with Gasteiger partial charge in [-0.05, 0) is 31.5 Å². The van der Waals surface area contributed by atoms with Crippen molar-refractivity contribution in [2.75, 3.05) is 0 Å². The van der Waals surface area contributed by atoms with E-state index in [9.17, 15) is 19.7 Å². The normalized spacial score (nSPS) is 19.3. The second-order valence-corrected chi connectivity index (χ2v) is 6.91. The molecule has 0 unspecified atom stereocenters. The zero-order valence-electron chi connectivity index (χ0n) is 15.3. The number of furan rings is 1. The van der Waals surface area contributed by atoms with Crippen molar-refractivity contribution in [2.24, 2.45) is 0 Å². The van der Waals surface area contributed by atoms with E-state index in [2.05, 4.69) is 5.32 Å². The number of hydrogen-bond acceptors (Lipinski definition) is 5. The molecule has 1 N–H and O–H groups in total. The summed E-state index contributed by atoms with van der Waals surface area (Å²) in [6.45, 7) is 3.13. The standard InChI is InChI=1S/C20H17N3O5/c1-12-14(7-5-8-15(12)23(26)27)11-22-18(24)20(2,21-19(22)25)17-10-13-6-3-4-9-16(13)28-17/h3-10H,11H2,1-2H3,(H,21,25)/t20-/m0/s1. The van der Waals surface area contributed by atoms with E-state index in [0.29, 0.717) is 22.5 Å². The summed E-state index contributed by atoms with van der Waals surface area (Å²) in [4.78, 5) is 37.4. The molecule has 1 aromatic heterocycles. The number of nitro groups is 1. The minimum absolute atomic E-state index is 0.0513. The van der Waals surface area contributed by atoms with Crippen LogP contribution in [0.1, 0.15) is 23.8 Å². The molecule has 0 spiro atoms. The molecule has 1 aliphatic rings. The van der Waals surface area contributed by atoms with Gasteiger partial charge in [0.25, 0.3) is 11.6 Å². The zero-order chi connectivity index (χ0) is 20.1. The third-order valence-electron chi connectivity index (χ3n) is 5.14. The molecular weight excluding hydrogens is 362 g/mol. The van der Waals surface area contributed by atoms with E-state index in [0.717, 1.165) is 10.3 Å². The highest BCUT2D eigenvalue weighted by molar-refractivity contribution is 6.07. The van der Waals surface area contributed by atoms with Crippen LogP contribution in [-0.4, -0.2) is 21.8 Å². The number of carbonyl (C=O) groups is 2. The van der Waals surface area contributed by atoms with Gasteiger partial charge >= 0.3 is 6.03 Å². The maximum Gasteiger partial charge on any atom is 0.325 e. The first-order valence-electron chi connectivity index (χ1n) is 8.67. The first-order valence-corrected chi connectivity index (χ1v) is 8.67. The predicted octanol–water partition coefficient (Wildman–Crippen LogP) is 3.62. The van der Waals surface area contributed by atoms with Crippen LogP contribution >= 0.6 is 0 Å². The minimum atomic E-state index is -1.34. The Hall–Kier alpha value is -3.68. The molecule has 2 heterocycles. The van der Waals surface area contributed by atoms with Gasteiger partial charge in [0.15, 0.2) is 5.54 Å². The molecule has 1 aliphatic heterocycles. The molecular formula is C20H17N3O5. The first kappa shape index (κ1) is 17.7. The monoisotopic (exact) mass is 379 g/mol. The summed E-state index contributed by atoms with van der Waals surface area (Å²) >= 11 is 0. The molecule has 28 heavy (non-hydrogen) atoms. The number of para-hydroxylation sites is 1. The van der Waals surface area contributed by atoms with Crippen LogP contribution in [0.5, 0.6) is 0 Å². The summed E-state index contributed by atoms with van der Waals surface area (Å²) in [5.41, 5.74) is 0.181. The Bertz CT molecular complexity index is 1100. The van der Waals surface area contributed by atoms with Gasteiger partial charge in [0.05, 0.1) is 11.5 Å². The molecule has 0 saturated carbocycles. The Morgan fingerprint density at radius 2 is 1.93 bits per heavy atom. The Morgan fingerprint density at radius 1 is 1.18 bits per heavy atom. The second kappa shape index (κ2) is 6.19. The topological polar surface area (TPSA) is 106 Å². The summed E-state index contributed by atoms with van der Waals surface area (Å²) in [5, 5.41) is 14.7. The lowest BCUT2D eigenvalue weighted by atomic mass is 9.98.